The van der Waals surface area contributed by atoms with Crippen LogP contribution in [-0.2, 0) is 22.3 Å². The van der Waals surface area contributed by atoms with E-state index in [-0.39, 0.29) is 5.91 Å². The molecule has 2 aromatic heterocycles. The van der Waals surface area contributed by atoms with Crippen LogP contribution in [0.15, 0.2) is 60.9 Å². The second-order valence-electron chi connectivity index (χ2n) is 10.7. The van der Waals surface area contributed by atoms with Crippen LogP contribution in [0, 0.1) is 13.8 Å². The van der Waals surface area contributed by atoms with E-state index in [0.717, 1.165) is 55.4 Å². The number of hydrogen-bond acceptors (Lipinski definition) is 5. The number of carbonyl (C=O) groups excluding carboxylic acids is 1. The largest absolute Gasteiger partial charge is 0.383 e. The highest BCUT2D eigenvalue weighted by Crippen LogP contribution is 2.33. The minimum Gasteiger partial charge on any atom is -0.383 e. The molecule has 2 heterocycles. The first-order valence-corrected chi connectivity index (χ1v) is 14.6. The van der Waals surface area contributed by atoms with Crippen LogP contribution in [0.5, 0.6) is 0 Å². The van der Waals surface area contributed by atoms with Crippen molar-refractivity contribution in [2.24, 2.45) is 0 Å². The summed E-state index contributed by atoms with van der Waals surface area (Å²) in [5.74, 6) is -0.00663. The average molecular weight is 557 g/mol. The average Bonchev–Trinajstić information content (AvgIpc) is 3.34. The van der Waals surface area contributed by atoms with Crippen molar-refractivity contribution in [3.63, 3.8) is 0 Å². The van der Waals surface area contributed by atoms with Crippen LogP contribution < -0.4 is 5.32 Å². The molecule has 0 aliphatic rings. The van der Waals surface area contributed by atoms with Gasteiger partial charge in [0.25, 0.3) is 5.91 Å². The summed E-state index contributed by atoms with van der Waals surface area (Å²) in [5.41, 5.74) is 9.03. The van der Waals surface area contributed by atoms with Crippen molar-refractivity contribution in [1.29, 1.82) is 0 Å². The highest BCUT2D eigenvalue weighted by Gasteiger charge is 2.19. The van der Waals surface area contributed by atoms with E-state index < -0.39 is 0 Å². The van der Waals surface area contributed by atoms with Crippen LogP contribution in [0.1, 0.15) is 45.5 Å². The van der Waals surface area contributed by atoms with Gasteiger partial charge < -0.3 is 24.7 Å². The van der Waals surface area contributed by atoms with Gasteiger partial charge in [-0.05, 0) is 106 Å². The smallest absolute Gasteiger partial charge is 0.254 e. The van der Waals surface area contributed by atoms with Gasteiger partial charge in [0.15, 0.2) is 0 Å². The van der Waals surface area contributed by atoms with Crippen molar-refractivity contribution in [2.75, 3.05) is 53.6 Å². The third kappa shape index (κ3) is 8.49. The van der Waals surface area contributed by atoms with E-state index in [0.29, 0.717) is 31.9 Å². The Morgan fingerprint density at radius 1 is 0.927 bits per heavy atom. The van der Waals surface area contributed by atoms with Crippen molar-refractivity contribution in [3.8, 4) is 11.3 Å². The van der Waals surface area contributed by atoms with E-state index >= 15 is 0 Å². The maximum absolute atomic E-state index is 13.5. The van der Waals surface area contributed by atoms with Gasteiger partial charge in [0.1, 0.15) is 0 Å². The Balaban J connectivity index is 1.53. The van der Waals surface area contributed by atoms with Crippen LogP contribution in [0.25, 0.3) is 22.2 Å². The number of H-pyrrole nitrogens is 1. The first-order chi connectivity index (χ1) is 20.0. The topological polar surface area (TPSA) is 79.5 Å². The molecule has 0 fully saturated rings. The Hall–Kier alpha value is -3.52. The van der Waals surface area contributed by atoms with E-state index in [1.54, 1.807) is 19.1 Å². The summed E-state index contributed by atoms with van der Waals surface area (Å²) in [6.45, 7) is 8.12. The lowest BCUT2D eigenvalue weighted by atomic mass is 9.98. The normalized spacial score (nSPS) is 11.3. The van der Waals surface area contributed by atoms with Crippen molar-refractivity contribution in [1.82, 2.24) is 20.2 Å². The molecule has 2 aromatic carbocycles. The van der Waals surface area contributed by atoms with Crippen molar-refractivity contribution in [3.05, 3.63) is 88.7 Å². The SMILES string of the molecule is COCCN(CCOC)C(=O)c1ccc2[nH]c(-c3cc(C)cc(C)c3)c(CCNCCCCc3cccnc3)c2c1. The van der Waals surface area contributed by atoms with Crippen LogP contribution in [-0.4, -0.2) is 74.4 Å². The van der Waals surface area contributed by atoms with Gasteiger partial charge in [-0.25, -0.2) is 0 Å². The lowest BCUT2D eigenvalue weighted by Crippen LogP contribution is -2.36. The first kappa shape index (κ1) is 30.4. The van der Waals surface area contributed by atoms with Crippen LogP contribution >= 0.6 is 0 Å². The maximum Gasteiger partial charge on any atom is 0.254 e. The minimum atomic E-state index is -0.00663. The minimum absolute atomic E-state index is 0.00663. The van der Waals surface area contributed by atoms with Gasteiger partial charge in [0, 0.05) is 61.9 Å². The number of fused-ring (bicyclic) bond motifs is 1. The molecule has 4 aromatic rings. The fourth-order valence-corrected chi connectivity index (χ4v) is 5.37. The molecule has 0 spiro atoms. The Morgan fingerprint density at radius 3 is 2.37 bits per heavy atom. The Labute approximate surface area is 244 Å². The van der Waals surface area contributed by atoms with E-state index in [1.165, 1.54) is 27.8 Å². The van der Waals surface area contributed by atoms with Gasteiger partial charge in [-0.15, -0.1) is 0 Å². The monoisotopic (exact) mass is 556 g/mol. The van der Waals surface area contributed by atoms with Gasteiger partial charge in [-0.2, -0.15) is 0 Å². The fourth-order valence-electron chi connectivity index (χ4n) is 5.37. The van der Waals surface area contributed by atoms with Gasteiger partial charge in [0.2, 0.25) is 0 Å². The molecule has 0 unspecified atom stereocenters. The fraction of sp³-hybridized carbons (Fsp3) is 0.412. The Bertz CT molecular complexity index is 1370. The summed E-state index contributed by atoms with van der Waals surface area (Å²) in [6, 6.07) is 16.8. The predicted octanol–water partition coefficient (Wildman–Crippen LogP) is 5.74. The molecule has 0 radical (unpaired) electrons. The van der Waals surface area contributed by atoms with E-state index in [1.807, 2.05) is 30.6 Å². The van der Waals surface area contributed by atoms with Crippen LogP contribution in [0.2, 0.25) is 0 Å². The number of pyridine rings is 1. The molecule has 1 amide bonds. The van der Waals surface area contributed by atoms with E-state index in [9.17, 15) is 4.79 Å². The lowest BCUT2D eigenvalue weighted by molar-refractivity contribution is 0.0627. The zero-order valence-corrected chi connectivity index (χ0v) is 25.0. The summed E-state index contributed by atoms with van der Waals surface area (Å²) >= 11 is 0. The predicted molar refractivity (Wildman–Crippen MR) is 167 cm³/mol. The number of methoxy groups -OCH3 is 2. The van der Waals surface area contributed by atoms with Crippen molar-refractivity contribution >= 4 is 16.8 Å². The third-order valence-corrected chi connectivity index (χ3v) is 7.42. The quantitative estimate of drug-likeness (QED) is 0.172. The molecule has 0 saturated carbocycles. The molecule has 0 atom stereocenters. The van der Waals surface area contributed by atoms with E-state index in [4.69, 9.17) is 9.47 Å². The molecule has 41 heavy (non-hydrogen) atoms. The second kappa shape index (κ2) is 15.5. The number of unbranched alkanes of at least 4 members (excludes halogenated alkanes) is 1. The molecule has 0 saturated heterocycles. The van der Waals surface area contributed by atoms with Crippen molar-refractivity contribution < 1.29 is 14.3 Å². The number of nitrogens with one attached hydrogen (secondary N) is 2. The molecule has 218 valence electrons. The number of benzene rings is 2. The zero-order chi connectivity index (χ0) is 29.0. The number of hydrogen-bond donors (Lipinski definition) is 2. The van der Waals surface area contributed by atoms with E-state index in [2.05, 4.69) is 59.5 Å². The highest BCUT2D eigenvalue weighted by atomic mass is 16.5. The number of ether oxygens (including phenoxy) is 2. The zero-order valence-electron chi connectivity index (χ0n) is 25.0. The molecule has 0 aliphatic heterocycles. The third-order valence-electron chi connectivity index (χ3n) is 7.42. The number of aromatic nitrogens is 2. The lowest BCUT2D eigenvalue weighted by Gasteiger charge is -2.22. The summed E-state index contributed by atoms with van der Waals surface area (Å²) < 4.78 is 10.5. The second-order valence-corrected chi connectivity index (χ2v) is 10.7. The molecular formula is C34H44N4O3. The summed E-state index contributed by atoms with van der Waals surface area (Å²) in [7, 11) is 3.31. The Kier molecular flexibility index (Phi) is 11.5. The van der Waals surface area contributed by atoms with Crippen LogP contribution in [0.4, 0.5) is 0 Å². The molecule has 7 heteroatoms. The Morgan fingerprint density at radius 2 is 1.68 bits per heavy atom. The molecule has 0 bridgehead atoms. The molecule has 2 N–H and O–H groups in total. The van der Waals surface area contributed by atoms with Gasteiger partial charge >= 0.3 is 0 Å². The van der Waals surface area contributed by atoms with Crippen LogP contribution in [0.3, 0.4) is 0 Å². The number of carbonyl (C=O) groups is 1. The molecule has 4 rings (SSSR count). The molecule has 0 aliphatic carbocycles. The number of rotatable bonds is 16. The number of nitrogens with zero attached hydrogens (tertiary/aromatic N) is 2. The first-order valence-electron chi connectivity index (χ1n) is 14.6. The highest BCUT2D eigenvalue weighted by molar-refractivity contribution is 6.00. The summed E-state index contributed by atoms with van der Waals surface area (Å²) in [4.78, 5) is 23.2. The standard InChI is InChI=1S/C34H44N4O3/c1-25-20-26(2)22-29(21-25)33-30(12-15-35-13-6-5-8-27-9-7-14-36-24-27)31-23-28(10-11-32(31)37-33)34(39)38(16-18-40-3)17-19-41-4/h7,9-11,14,20-24,35,37H,5-6,8,12-13,15-19H2,1-4H3. The maximum atomic E-state index is 13.5. The summed E-state index contributed by atoms with van der Waals surface area (Å²) in [5, 5.41) is 4.74. The summed E-state index contributed by atoms with van der Waals surface area (Å²) in [6.07, 6.45) is 7.93. The van der Waals surface area contributed by atoms with Gasteiger partial charge in [-0.3, -0.25) is 9.78 Å². The molecular weight excluding hydrogens is 512 g/mol. The number of aryl methyl sites for hydroxylation is 3. The number of aromatic amines is 1. The van der Waals surface area contributed by atoms with Gasteiger partial charge in [0.05, 0.1) is 13.2 Å². The number of amides is 1. The molecule has 7 nitrogen and oxygen atoms in total. The van der Waals surface area contributed by atoms with Crippen molar-refractivity contribution in [2.45, 2.75) is 39.5 Å². The van der Waals surface area contributed by atoms with Gasteiger partial charge in [-0.1, -0.05) is 23.3 Å².